The molecule has 24 heavy (non-hydrogen) atoms. The van der Waals surface area contributed by atoms with Gasteiger partial charge in [0.1, 0.15) is 5.75 Å². The van der Waals surface area contributed by atoms with Crippen LogP contribution in [0.25, 0.3) is 0 Å². The summed E-state index contributed by atoms with van der Waals surface area (Å²) in [6.07, 6.45) is 1.25. The Kier molecular flexibility index (Phi) is 12.7. The average Bonchev–Trinajstić information content (AvgIpc) is 2.56. The van der Waals surface area contributed by atoms with Crippen molar-refractivity contribution in [2.75, 3.05) is 27.3 Å². The number of halogens is 1. The fourth-order valence-corrected chi connectivity index (χ4v) is 2.34. The number of rotatable bonds is 9. The molecule has 0 aliphatic carbocycles. The lowest BCUT2D eigenvalue weighted by Crippen LogP contribution is -2.38. The highest BCUT2D eigenvalue weighted by molar-refractivity contribution is 14.0. The average molecular weight is 449 g/mol. The van der Waals surface area contributed by atoms with Gasteiger partial charge >= 0.3 is 0 Å². The van der Waals surface area contributed by atoms with Gasteiger partial charge in [-0.05, 0) is 37.0 Å². The van der Waals surface area contributed by atoms with Crippen molar-refractivity contribution in [2.45, 2.75) is 39.8 Å². The van der Waals surface area contributed by atoms with Crippen LogP contribution in [-0.2, 0) is 11.3 Å². The summed E-state index contributed by atoms with van der Waals surface area (Å²) in [6.45, 7) is 8.71. The number of methoxy groups -OCH3 is 1. The molecule has 1 aromatic rings. The number of nitrogens with one attached hydrogen (secondary N) is 2. The first kappa shape index (κ1) is 23.0. The van der Waals surface area contributed by atoms with Crippen LogP contribution in [0, 0.1) is 5.92 Å². The monoisotopic (exact) mass is 449 g/mol. The van der Waals surface area contributed by atoms with Crippen molar-refractivity contribution >= 4 is 29.9 Å². The van der Waals surface area contributed by atoms with E-state index in [1.807, 2.05) is 25.1 Å². The van der Waals surface area contributed by atoms with Crippen LogP contribution in [0.4, 0.5) is 0 Å². The standard InChI is InChI=1S/C18H31N3O2.HI/c1-6-23-17(14(2)3)10-11-20-18(19-4)21-13-15-8-7-9-16(12-15)22-5;/h7-9,12,14,17H,6,10-11,13H2,1-5H3,(H2,19,20,21);1H. The Labute approximate surface area is 163 Å². The highest BCUT2D eigenvalue weighted by Gasteiger charge is 2.12. The first-order chi connectivity index (χ1) is 11.1. The zero-order valence-corrected chi connectivity index (χ0v) is 17.8. The molecule has 6 heteroatoms. The van der Waals surface area contributed by atoms with Gasteiger partial charge in [-0.2, -0.15) is 0 Å². The molecule has 5 nitrogen and oxygen atoms in total. The predicted molar refractivity (Wildman–Crippen MR) is 111 cm³/mol. The molecule has 0 saturated heterocycles. The van der Waals surface area contributed by atoms with Gasteiger partial charge in [0, 0.05) is 26.7 Å². The van der Waals surface area contributed by atoms with Gasteiger partial charge in [-0.25, -0.2) is 0 Å². The topological polar surface area (TPSA) is 54.9 Å². The number of nitrogens with zero attached hydrogens (tertiary/aromatic N) is 1. The van der Waals surface area contributed by atoms with Crippen molar-refractivity contribution < 1.29 is 9.47 Å². The number of hydrogen-bond donors (Lipinski definition) is 2. The lowest BCUT2D eigenvalue weighted by atomic mass is 10.0. The number of aliphatic imine (C=N–C) groups is 1. The van der Waals surface area contributed by atoms with Crippen molar-refractivity contribution in [2.24, 2.45) is 10.9 Å². The van der Waals surface area contributed by atoms with Crippen LogP contribution >= 0.6 is 24.0 Å². The van der Waals surface area contributed by atoms with Gasteiger partial charge in [-0.3, -0.25) is 4.99 Å². The van der Waals surface area contributed by atoms with Crippen molar-refractivity contribution in [1.82, 2.24) is 10.6 Å². The van der Waals surface area contributed by atoms with Crippen molar-refractivity contribution in [3.05, 3.63) is 29.8 Å². The molecule has 0 aliphatic rings. The minimum absolute atomic E-state index is 0. The molecule has 1 rings (SSSR count). The molecular formula is C18H32IN3O2. The maximum absolute atomic E-state index is 5.76. The van der Waals surface area contributed by atoms with E-state index in [4.69, 9.17) is 9.47 Å². The van der Waals surface area contributed by atoms with Crippen LogP contribution in [0.15, 0.2) is 29.3 Å². The molecule has 2 N–H and O–H groups in total. The predicted octanol–water partition coefficient (Wildman–Crippen LogP) is 3.43. The third kappa shape index (κ3) is 8.73. The second-order valence-electron chi connectivity index (χ2n) is 5.73. The number of benzene rings is 1. The van der Waals surface area contributed by atoms with Crippen molar-refractivity contribution in [1.29, 1.82) is 0 Å². The van der Waals surface area contributed by atoms with Gasteiger partial charge in [-0.15, -0.1) is 24.0 Å². The van der Waals surface area contributed by atoms with Crippen LogP contribution in [0.3, 0.4) is 0 Å². The first-order valence-electron chi connectivity index (χ1n) is 8.29. The van der Waals surface area contributed by atoms with Crippen LogP contribution in [-0.4, -0.2) is 39.4 Å². The van der Waals surface area contributed by atoms with E-state index in [2.05, 4.69) is 35.5 Å². The summed E-state index contributed by atoms with van der Waals surface area (Å²) < 4.78 is 11.0. The second-order valence-corrected chi connectivity index (χ2v) is 5.73. The summed E-state index contributed by atoms with van der Waals surface area (Å²) in [6, 6.07) is 8.01. The lowest BCUT2D eigenvalue weighted by molar-refractivity contribution is 0.0258. The van der Waals surface area contributed by atoms with E-state index in [1.165, 1.54) is 0 Å². The van der Waals surface area contributed by atoms with Crippen molar-refractivity contribution in [3.63, 3.8) is 0 Å². The fourth-order valence-electron chi connectivity index (χ4n) is 2.34. The van der Waals surface area contributed by atoms with E-state index in [0.29, 0.717) is 12.5 Å². The molecule has 1 aromatic carbocycles. The zero-order valence-electron chi connectivity index (χ0n) is 15.5. The highest BCUT2D eigenvalue weighted by Crippen LogP contribution is 2.12. The van der Waals surface area contributed by atoms with E-state index < -0.39 is 0 Å². The Hall–Kier alpha value is -1.02. The van der Waals surface area contributed by atoms with E-state index in [-0.39, 0.29) is 30.1 Å². The maximum Gasteiger partial charge on any atom is 0.191 e. The molecule has 138 valence electrons. The lowest BCUT2D eigenvalue weighted by Gasteiger charge is -2.21. The van der Waals surface area contributed by atoms with Gasteiger partial charge in [0.25, 0.3) is 0 Å². The molecule has 1 atom stereocenters. The molecule has 0 saturated carbocycles. The molecular weight excluding hydrogens is 417 g/mol. The molecule has 0 spiro atoms. The molecule has 0 fully saturated rings. The Morgan fingerprint density at radius 1 is 1.25 bits per heavy atom. The van der Waals surface area contributed by atoms with Crippen LogP contribution in [0.2, 0.25) is 0 Å². The summed E-state index contributed by atoms with van der Waals surface area (Å²) in [5.41, 5.74) is 1.15. The Morgan fingerprint density at radius 2 is 2.00 bits per heavy atom. The molecule has 0 heterocycles. The van der Waals surface area contributed by atoms with Gasteiger partial charge < -0.3 is 20.1 Å². The Bertz CT molecular complexity index is 481. The number of guanidine groups is 1. The summed E-state index contributed by atoms with van der Waals surface area (Å²) in [4.78, 5) is 4.26. The number of ether oxygens (including phenoxy) is 2. The maximum atomic E-state index is 5.76. The van der Waals surface area contributed by atoms with Crippen LogP contribution in [0.1, 0.15) is 32.8 Å². The number of hydrogen-bond acceptors (Lipinski definition) is 3. The minimum atomic E-state index is 0. The summed E-state index contributed by atoms with van der Waals surface area (Å²) in [7, 11) is 3.46. The van der Waals surface area contributed by atoms with Gasteiger partial charge in [0.05, 0.1) is 13.2 Å². The first-order valence-corrected chi connectivity index (χ1v) is 8.29. The molecule has 1 unspecified atom stereocenters. The van der Waals surface area contributed by atoms with Crippen LogP contribution in [0.5, 0.6) is 5.75 Å². The van der Waals surface area contributed by atoms with Gasteiger partial charge in [-0.1, -0.05) is 26.0 Å². The summed E-state index contributed by atoms with van der Waals surface area (Å²) >= 11 is 0. The molecule has 0 bridgehead atoms. The van der Waals surface area contributed by atoms with E-state index in [1.54, 1.807) is 14.2 Å². The van der Waals surface area contributed by atoms with E-state index >= 15 is 0 Å². The van der Waals surface area contributed by atoms with Gasteiger partial charge in [0.2, 0.25) is 0 Å². The normalized spacial score (nSPS) is 12.5. The third-order valence-electron chi connectivity index (χ3n) is 3.66. The van der Waals surface area contributed by atoms with Crippen molar-refractivity contribution in [3.8, 4) is 5.75 Å². The quantitative estimate of drug-likeness (QED) is 0.345. The Morgan fingerprint density at radius 3 is 2.58 bits per heavy atom. The smallest absolute Gasteiger partial charge is 0.191 e. The molecule has 0 aromatic heterocycles. The third-order valence-corrected chi connectivity index (χ3v) is 3.66. The zero-order chi connectivity index (χ0) is 17.1. The summed E-state index contributed by atoms with van der Waals surface area (Å²) in [5.74, 6) is 2.18. The Balaban J connectivity index is 0.00000529. The van der Waals surface area contributed by atoms with Gasteiger partial charge in [0.15, 0.2) is 5.96 Å². The highest BCUT2D eigenvalue weighted by atomic mass is 127. The SMILES string of the molecule is CCOC(CCNC(=NC)NCc1cccc(OC)c1)C(C)C.I. The van der Waals surface area contributed by atoms with E-state index in [0.717, 1.165) is 36.8 Å². The largest absolute Gasteiger partial charge is 0.497 e. The van der Waals surface area contributed by atoms with E-state index in [9.17, 15) is 0 Å². The fraction of sp³-hybridized carbons (Fsp3) is 0.611. The minimum Gasteiger partial charge on any atom is -0.497 e. The second kappa shape index (κ2) is 13.3. The molecule has 0 radical (unpaired) electrons. The molecule has 0 amide bonds. The molecule has 0 aliphatic heterocycles. The summed E-state index contributed by atoms with van der Waals surface area (Å²) in [5, 5.41) is 6.65. The van der Waals surface area contributed by atoms with Crippen LogP contribution < -0.4 is 15.4 Å².